The maximum atomic E-state index is 13.2. The van der Waals surface area contributed by atoms with Crippen molar-refractivity contribution in [2.24, 2.45) is 10.7 Å². The molecule has 0 atom stereocenters. The molecular weight excluding hydrogens is 508 g/mol. The predicted octanol–water partition coefficient (Wildman–Crippen LogP) is 7.61. The maximum Gasteiger partial charge on any atom is 0.430 e. The molecule has 0 aliphatic carbocycles. The Balaban J connectivity index is 2.11. The molecule has 1 aromatic heterocycles. The Bertz CT molecular complexity index is 1300. The number of carboxylic acid groups (broad SMARTS) is 1. The third kappa shape index (κ3) is 5.81. The van der Waals surface area contributed by atoms with Gasteiger partial charge in [0.1, 0.15) is 5.70 Å². The third-order valence-electron chi connectivity index (χ3n) is 5.07. The topological polar surface area (TPSA) is 75.7 Å². The number of thiophene rings is 1. The SMILES string of the molecule is CC(C)(C(=O)O)c1cccc(-c2csc(C(/C=C(\N)C(F)(F)F)=Nc3cc(Cl)ccc3Cl)c2)c1. The molecule has 1 heterocycles. The van der Waals surface area contributed by atoms with Crippen molar-refractivity contribution in [1.29, 1.82) is 0 Å². The first-order chi connectivity index (χ1) is 15.8. The van der Waals surface area contributed by atoms with E-state index in [0.717, 1.165) is 17.4 Å². The number of benzene rings is 2. The van der Waals surface area contributed by atoms with Crippen LogP contribution in [0.4, 0.5) is 18.9 Å². The molecule has 0 saturated heterocycles. The summed E-state index contributed by atoms with van der Waals surface area (Å²) in [7, 11) is 0. The second-order valence-corrected chi connectivity index (χ2v) is 9.66. The number of aliphatic carboxylic acids is 1. The standard InChI is InChI=1S/C24H19Cl2F3N2O2S/c1-23(2,22(32)33)15-5-3-4-13(8-15)14-9-20(34-12-14)19(11-21(30)24(27,28)29)31-18-10-16(25)6-7-17(18)26/h3-12H,30H2,1-2H3,(H,32,33)/b21-11-,31-19?. The highest BCUT2D eigenvalue weighted by atomic mass is 35.5. The van der Waals surface area contributed by atoms with Crippen molar-refractivity contribution in [1.82, 2.24) is 0 Å². The Morgan fingerprint density at radius 2 is 1.79 bits per heavy atom. The molecule has 0 aliphatic heterocycles. The molecule has 0 spiro atoms. The van der Waals surface area contributed by atoms with Crippen molar-refractivity contribution in [3.05, 3.63) is 86.2 Å². The Kier molecular flexibility index (Phi) is 7.45. The summed E-state index contributed by atoms with van der Waals surface area (Å²) in [6, 6.07) is 13.1. The molecule has 0 bridgehead atoms. The fourth-order valence-corrected chi connectivity index (χ4v) is 4.13. The van der Waals surface area contributed by atoms with Crippen LogP contribution in [0.25, 0.3) is 11.1 Å². The van der Waals surface area contributed by atoms with Gasteiger partial charge < -0.3 is 10.8 Å². The van der Waals surface area contributed by atoms with Crippen LogP contribution in [0, 0.1) is 0 Å². The lowest BCUT2D eigenvalue weighted by atomic mass is 9.83. The number of aliphatic imine (C=N–C) groups is 1. The molecule has 0 amide bonds. The number of rotatable bonds is 6. The van der Waals surface area contributed by atoms with E-state index in [4.69, 9.17) is 28.9 Å². The van der Waals surface area contributed by atoms with E-state index in [1.807, 2.05) is 0 Å². The minimum Gasteiger partial charge on any atom is -0.481 e. The number of nitrogens with zero attached hydrogens (tertiary/aromatic N) is 1. The lowest BCUT2D eigenvalue weighted by molar-refractivity contribution is -0.142. The van der Waals surface area contributed by atoms with Crippen molar-refractivity contribution in [3.8, 4) is 11.1 Å². The van der Waals surface area contributed by atoms with Gasteiger partial charge in [0.15, 0.2) is 0 Å². The van der Waals surface area contributed by atoms with E-state index in [9.17, 15) is 23.1 Å². The normalized spacial score (nSPS) is 13.3. The van der Waals surface area contributed by atoms with Crippen LogP contribution >= 0.6 is 34.5 Å². The van der Waals surface area contributed by atoms with E-state index in [2.05, 4.69) is 4.99 Å². The molecular formula is C24H19Cl2F3N2O2S. The van der Waals surface area contributed by atoms with Gasteiger partial charge in [-0.2, -0.15) is 13.2 Å². The summed E-state index contributed by atoms with van der Waals surface area (Å²) < 4.78 is 39.5. The molecule has 0 fully saturated rings. The monoisotopic (exact) mass is 526 g/mol. The summed E-state index contributed by atoms with van der Waals surface area (Å²) in [6.45, 7) is 3.19. The quantitative estimate of drug-likeness (QED) is 0.324. The Morgan fingerprint density at radius 3 is 2.44 bits per heavy atom. The van der Waals surface area contributed by atoms with Crippen LogP contribution in [-0.2, 0) is 10.2 Å². The largest absolute Gasteiger partial charge is 0.481 e. The molecule has 3 N–H and O–H groups in total. The van der Waals surface area contributed by atoms with Crippen LogP contribution in [-0.4, -0.2) is 23.0 Å². The van der Waals surface area contributed by atoms with E-state index in [1.165, 1.54) is 18.2 Å². The van der Waals surface area contributed by atoms with Crippen LogP contribution in [0.5, 0.6) is 0 Å². The molecule has 10 heteroatoms. The smallest absolute Gasteiger partial charge is 0.430 e. The first-order valence-electron chi connectivity index (χ1n) is 9.80. The Hall–Kier alpha value is -2.81. The summed E-state index contributed by atoms with van der Waals surface area (Å²) in [4.78, 5) is 16.3. The molecule has 3 aromatic rings. The van der Waals surface area contributed by atoms with Gasteiger partial charge in [-0.25, -0.2) is 4.99 Å². The van der Waals surface area contributed by atoms with Crippen LogP contribution in [0.1, 0.15) is 24.3 Å². The van der Waals surface area contributed by atoms with Crippen molar-refractivity contribution in [3.63, 3.8) is 0 Å². The number of halogens is 5. The number of hydrogen-bond acceptors (Lipinski definition) is 4. The second-order valence-electron chi connectivity index (χ2n) is 7.90. The van der Waals surface area contributed by atoms with E-state index >= 15 is 0 Å². The van der Waals surface area contributed by atoms with Gasteiger partial charge in [0, 0.05) is 5.02 Å². The average molecular weight is 527 g/mol. The van der Waals surface area contributed by atoms with Gasteiger partial charge in [-0.05, 0) is 72.3 Å². The average Bonchev–Trinajstić information content (AvgIpc) is 3.25. The van der Waals surface area contributed by atoms with Gasteiger partial charge in [-0.3, -0.25) is 4.79 Å². The van der Waals surface area contributed by atoms with Crippen LogP contribution in [0.2, 0.25) is 10.0 Å². The van der Waals surface area contributed by atoms with Crippen LogP contribution < -0.4 is 5.73 Å². The lowest BCUT2D eigenvalue weighted by Crippen LogP contribution is -2.28. The first kappa shape index (κ1) is 25.8. The van der Waals surface area contributed by atoms with E-state index < -0.39 is 23.3 Å². The first-order valence-corrected chi connectivity index (χ1v) is 11.4. The lowest BCUT2D eigenvalue weighted by Gasteiger charge is -2.20. The van der Waals surface area contributed by atoms with Gasteiger partial charge in [0.05, 0.1) is 26.7 Å². The number of allylic oxidation sites excluding steroid dienone is 2. The summed E-state index contributed by atoms with van der Waals surface area (Å²) in [5.74, 6) is -0.976. The summed E-state index contributed by atoms with van der Waals surface area (Å²) in [5.41, 5.74) is 4.97. The zero-order valence-corrected chi connectivity index (χ0v) is 20.3. The van der Waals surface area contributed by atoms with Gasteiger partial charge in [-0.1, -0.05) is 41.4 Å². The minimum absolute atomic E-state index is 0.0442. The van der Waals surface area contributed by atoms with Crippen molar-refractivity contribution < 1.29 is 23.1 Å². The van der Waals surface area contributed by atoms with Crippen LogP contribution in [0.15, 0.2) is 70.7 Å². The number of carbonyl (C=O) groups is 1. The fourth-order valence-electron chi connectivity index (χ4n) is 2.92. The summed E-state index contributed by atoms with van der Waals surface area (Å²) >= 11 is 13.3. The zero-order chi connectivity index (χ0) is 25.3. The number of hydrogen-bond donors (Lipinski definition) is 2. The molecule has 3 rings (SSSR count). The number of carboxylic acids is 1. The van der Waals surface area contributed by atoms with E-state index in [0.29, 0.717) is 26.6 Å². The van der Waals surface area contributed by atoms with Crippen LogP contribution in [0.3, 0.4) is 0 Å². The van der Waals surface area contributed by atoms with Crippen molar-refractivity contribution in [2.75, 3.05) is 0 Å². The van der Waals surface area contributed by atoms with Crippen molar-refractivity contribution in [2.45, 2.75) is 25.4 Å². The highest BCUT2D eigenvalue weighted by Crippen LogP contribution is 2.34. The van der Waals surface area contributed by atoms with Gasteiger partial charge >= 0.3 is 12.1 Å². The van der Waals surface area contributed by atoms with Gasteiger partial charge in [-0.15, -0.1) is 11.3 Å². The minimum atomic E-state index is -4.74. The third-order valence-corrected chi connectivity index (χ3v) is 6.58. The van der Waals surface area contributed by atoms with Gasteiger partial charge in [0.2, 0.25) is 0 Å². The van der Waals surface area contributed by atoms with Crippen molar-refractivity contribution >= 4 is 51.9 Å². The zero-order valence-electron chi connectivity index (χ0n) is 18.0. The molecule has 178 valence electrons. The second kappa shape index (κ2) is 9.82. The molecule has 4 nitrogen and oxygen atoms in total. The Labute approximate surface area is 208 Å². The predicted molar refractivity (Wildman–Crippen MR) is 131 cm³/mol. The summed E-state index contributed by atoms with van der Waals surface area (Å²) in [5, 5.41) is 11.8. The summed E-state index contributed by atoms with van der Waals surface area (Å²) in [6.07, 6.45) is -3.99. The highest BCUT2D eigenvalue weighted by Gasteiger charge is 2.32. The maximum absolute atomic E-state index is 13.2. The number of alkyl halides is 3. The highest BCUT2D eigenvalue weighted by molar-refractivity contribution is 7.12. The molecule has 0 aliphatic rings. The molecule has 0 saturated carbocycles. The van der Waals surface area contributed by atoms with E-state index in [-0.39, 0.29) is 16.4 Å². The van der Waals surface area contributed by atoms with E-state index in [1.54, 1.807) is 49.6 Å². The Morgan fingerprint density at radius 1 is 1.09 bits per heavy atom. The molecule has 0 unspecified atom stereocenters. The number of nitrogens with two attached hydrogens (primary N) is 1. The molecule has 2 aromatic carbocycles. The fraction of sp³-hybridized carbons (Fsp3) is 0.167. The molecule has 34 heavy (non-hydrogen) atoms. The van der Waals surface area contributed by atoms with Gasteiger partial charge in [0.25, 0.3) is 0 Å². The molecule has 0 radical (unpaired) electrons.